The van der Waals surface area contributed by atoms with E-state index in [-0.39, 0.29) is 11.5 Å². The summed E-state index contributed by atoms with van der Waals surface area (Å²) >= 11 is 0. The zero-order chi connectivity index (χ0) is 14.8. The summed E-state index contributed by atoms with van der Waals surface area (Å²) in [6.45, 7) is 8.04. The molecule has 2 aliphatic rings. The van der Waals surface area contributed by atoms with Crippen molar-refractivity contribution in [2.75, 3.05) is 19.6 Å². The van der Waals surface area contributed by atoms with E-state index in [4.69, 9.17) is 0 Å². The van der Waals surface area contributed by atoms with Gasteiger partial charge in [-0.25, -0.2) is 4.72 Å². The molecule has 20 heavy (non-hydrogen) atoms. The third-order valence-corrected chi connectivity index (χ3v) is 5.49. The summed E-state index contributed by atoms with van der Waals surface area (Å²) in [7, 11) is -3.35. The maximum atomic E-state index is 12.5. The second kappa shape index (κ2) is 6.30. The van der Waals surface area contributed by atoms with Crippen LogP contribution in [0.1, 0.15) is 52.9 Å². The zero-order valence-electron chi connectivity index (χ0n) is 13.0. The lowest BCUT2D eigenvalue weighted by Crippen LogP contribution is -2.53. The first-order chi connectivity index (χ1) is 9.28. The van der Waals surface area contributed by atoms with Gasteiger partial charge in [-0.3, -0.25) is 0 Å². The first kappa shape index (κ1) is 16.2. The maximum absolute atomic E-state index is 12.5. The molecule has 6 heteroatoms. The van der Waals surface area contributed by atoms with E-state index >= 15 is 0 Å². The first-order valence-electron chi connectivity index (χ1n) is 7.78. The van der Waals surface area contributed by atoms with Crippen molar-refractivity contribution < 1.29 is 8.42 Å². The lowest BCUT2D eigenvalue weighted by molar-refractivity contribution is 0.240. The fraction of sp³-hybridized carbons (Fsp3) is 1.00. The van der Waals surface area contributed by atoms with Gasteiger partial charge in [0.05, 0.1) is 0 Å². The van der Waals surface area contributed by atoms with Crippen molar-refractivity contribution in [3.05, 3.63) is 0 Å². The van der Waals surface area contributed by atoms with Crippen LogP contribution in [0.15, 0.2) is 0 Å². The number of nitrogens with one attached hydrogen (secondary N) is 2. The first-order valence-corrected chi connectivity index (χ1v) is 9.22. The minimum absolute atomic E-state index is 0.0371. The average Bonchev–Trinajstić information content (AvgIpc) is 3.18. The summed E-state index contributed by atoms with van der Waals surface area (Å²) in [6.07, 6.45) is 5.54. The Labute approximate surface area is 123 Å². The number of hydrogen-bond donors (Lipinski definition) is 2. The summed E-state index contributed by atoms with van der Waals surface area (Å²) in [6, 6.07) is 0.742. The fourth-order valence-electron chi connectivity index (χ4n) is 2.48. The summed E-state index contributed by atoms with van der Waals surface area (Å²) < 4.78 is 29.4. The van der Waals surface area contributed by atoms with Gasteiger partial charge in [-0.2, -0.15) is 12.7 Å². The molecule has 1 heterocycles. The minimum atomic E-state index is -3.35. The Bertz CT molecular complexity index is 413. The predicted octanol–water partition coefficient (Wildman–Crippen LogP) is 1.47. The highest BCUT2D eigenvalue weighted by Gasteiger charge is 2.33. The number of hydrogen-bond acceptors (Lipinski definition) is 3. The van der Waals surface area contributed by atoms with Gasteiger partial charge in [0, 0.05) is 31.7 Å². The van der Waals surface area contributed by atoms with E-state index in [1.807, 2.05) is 20.8 Å². The monoisotopic (exact) mass is 303 g/mol. The highest BCUT2D eigenvalue weighted by molar-refractivity contribution is 7.87. The Morgan fingerprint density at radius 3 is 2.45 bits per heavy atom. The normalized spacial score (nSPS) is 25.9. The van der Waals surface area contributed by atoms with Crippen LogP contribution in [0.2, 0.25) is 0 Å². The third kappa shape index (κ3) is 4.98. The second-order valence-electron chi connectivity index (χ2n) is 7.33. The molecular formula is C14H29N3O2S. The molecule has 1 aliphatic carbocycles. The summed E-state index contributed by atoms with van der Waals surface area (Å²) in [5.74, 6) is 0. The van der Waals surface area contributed by atoms with E-state index < -0.39 is 10.2 Å². The highest BCUT2D eigenvalue weighted by Crippen LogP contribution is 2.23. The predicted molar refractivity (Wildman–Crippen MR) is 81.7 cm³/mol. The van der Waals surface area contributed by atoms with Gasteiger partial charge in [-0.15, -0.1) is 0 Å². The lowest BCUT2D eigenvalue weighted by atomic mass is 9.98. The molecule has 1 saturated carbocycles. The van der Waals surface area contributed by atoms with Crippen LogP contribution in [-0.4, -0.2) is 44.4 Å². The quantitative estimate of drug-likeness (QED) is 0.781. The molecular weight excluding hydrogens is 274 g/mol. The molecule has 1 saturated heterocycles. The largest absolute Gasteiger partial charge is 0.312 e. The molecule has 0 radical (unpaired) electrons. The summed E-state index contributed by atoms with van der Waals surface area (Å²) in [4.78, 5) is 0. The molecule has 5 nitrogen and oxygen atoms in total. The van der Waals surface area contributed by atoms with Gasteiger partial charge in [0.2, 0.25) is 0 Å². The van der Waals surface area contributed by atoms with Crippen molar-refractivity contribution in [1.29, 1.82) is 0 Å². The maximum Gasteiger partial charge on any atom is 0.279 e. The van der Waals surface area contributed by atoms with E-state index in [1.165, 1.54) is 12.8 Å². The lowest BCUT2D eigenvalue weighted by Gasteiger charge is -2.35. The Balaban J connectivity index is 1.94. The molecule has 118 valence electrons. The molecule has 0 spiro atoms. The van der Waals surface area contributed by atoms with Crippen molar-refractivity contribution in [2.45, 2.75) is 65.0 Å². The van der Waals surface area contributed by atoms with E-state index in [2.05, 4.69) is 10.0 Å². The van der Waals surface area contributed by atoms with Crippen LogP contribution < -0.4 is 10.0 Å². The van der Waals surface area contributed by atoms with Crippen LogP contribution in [-0.2, 0) is 10.2 Å². The summed E-state index contributed by atoms with van der Waals surface area (Å²) in [5, 5.41) is 3.47. The van der Waals surface area contributed by atoms with Crippen molar-refractivity contribution >= 4 is 10.2 Å². The Hall–Kier alpha value is -0.170. The average molecular weight is 303 g/mol. The molecule has 1 unspecified atom stereocenters. The van der Waals surface area contributed by atoms with Crippen molar-refractivity contribution in [2.24, 2.45) is 5.41 Å². The Morgan fingerprint density at radius 2 is 1.85 bits per heavy atom. The molecule has 1 atom stereocenters. The number of nitrogens with zero attached hydrogens (tertiary/aromatic N) is 1. The summed E-state index contributed by atoms with van der Waals surface area (Å²) in [5.41, 5.74) is -0.0371. The van der Waals surface area contributed by atoms with E-state index in [0.29, 0.717) is 19.1 Å². The van der Waals surface area contributed by atoms with Gasteiger partial charge >= 0.3 is 0 Å². The van der Waals surface area contributed by atoms with Gasteiger partial charge < -0.3 is 5.32 Å². The van der Waals surface area contributed by atoms with Crippen LogP contribution in [0.5, 0.6) is 0 Å². The van der Waals surface area contributed by atoms with Crippen LogP contribution in [0.25, 0.3) is 0 Å². The molecule has 2 fully saturated rings. The second-order valence-corrected chi connectivity index (χ2v) is 9.04. The van der Waals surface area contributed by atoms with Crippen molar-refractivity contribution in [3.63, 3.8) is 0 Å². The molecule has 0 amide bonds. The molecule has 0 aromatic carbocycles. The Kier molecular flexibility index (Phi) is 5.10. The molecule has 0 bridgehead atoms. The van der Waals surface area contributed by atoms with Crippen LogP contribution in [0, 0.1) is 5.41 Å². The molecule has 1 aliphatic heterocycles. The Morgan fingerprint density at radius 1 is 1.15 bits per heavy atom. The van der Waals surface area contributed by atoms with E-state index in [9.17, 15) is 8.42 Å². The van der Waals surface area contributed by atoms with Gasteiger partial charge in [0.1, 0.15) is 0 Å². The molecule has 0 aromatic rings. The zero-order valence-corrected chi connectivity index (χ0v) is 13.8. The van der Waals surface area contributed by atoms with Gasteiger partial charge in [-0.1, -0.05) is 27.2 Å². The van der Waals surface area contributed by atoms with Crippen LogP contribution in [0.4, 0.5) is 0 Å². The number of piperidine rings is 1. The van der Waals surface area contributed by atoms with Gasteiger partial charge in [-0.05, 0) is 31.1 Å². The molecule has 0 aromatic heterocycles. The third-order valence-electron chi connectivity index (χ3n) is 3.89. The standard InChI is InChI=1S/C14H29N3O2S/c1-14(2,3)11-16-20(18,19)17-9-5-4-6-13(17)10-15-12-7-8-12/h12-13,15-16H,4-11H2,1-3H3. The topological polar surface area (TPSA) is 61.4 Å². The van der Waals surface area contributed by atoms with E-state index in [1.54, 1.807) is 4.31 Å². The fourth-order valence-corrected chi connectivity index (χ4v) is 4.20. The molecule has 2 rings (SSSR count). The smallest absolute Gasteiger partial charge is 0.279 e. The molecule has 2 N–H and O–H groups in total. The minimum Gasteiger partial charge on any atom is -0.312 e. The van der Waals surface area contributed by atoms with Crippen LogP contribution in [0.3, 0.4) is 0 Å². The van der Waals surface area contributed by atoms with E-state index in [0.717, 1.165) is 25.8 Å². The van der Waals surface area contributed by atoms with Crippen LogP contribution >= 0.6 is 0 Å². The van der Waals surface area contributed by atoms with Gasteiger partial charge in [0.15, 0.2) is 0 Å². The number of rotatable bonds is 6. The van der Waals surface area contributed by atoms with Crippen molar-refractivity contribution in [3.8, 4) is 0 Å². The van der Waals surface area contributed by atoms with Crippen molar-refractivity contribution in [1.82, 2.24) is 14.3 Å². The highest BCUT2D eigenvalue weighted by atomic mass is 32.2. The van der Waals surface area contributed by atoms with Gasteiger partial charge in [0.25, 0.3) is 10.2 Å². The SMILES string of the molecule is CC(C)(C)CNS(=O)(=O)N1CCCCC1CNC1CC1.